The summed E-state index contributed by atoms with van der Waals surface area (Å²) in [5, 5.41) is 11.1. The van der Waals surface area contributed by atoms with Crippen molar-refractivity contribution in [2.24, 2.45) is 12.2 Å². The fourth-order valence-electron chi connectivity index (χ4n) is 2.64. The first-order valence-corrected chi connectivity index (χ1v) is 9.12. The molecular formula is C17H16Cl2N4OS. The molecule has 2 aromatic heterocycles. The number of hydrogen-bond donors (Lipinski definition) is 2. The van der Waals surface area contributed by atoms with Gasteiger partial charge in [0.2, 0.25) is 0 Å². The molecule has 3 aromatic rings. The van der Waals surface area contributed by atoms with Crippen LogP contribution in [0.1, 0.15) is 29.0 Å². The summed E-state index contributed by atoms with van der Waals surface area (Å²) < 4.78 is 1.82. The van der Waals surface area contributed by atoms with Crippen LogP contribution in [0, 0.1) is 0 Å². The van der Waals surface area contributed by atoms with E-state index in [1.165, 1.54) is 0 Å². The van der Waals surface area contributed by atoms with Crippen LogP contribution in [0.3, 0.4) is 0 Å². The highest BCUT2D eigenvalue weighted by Crippen LogP contribution is 2.26. The molecule has 5 nitrogen and oxygen atoms in total. The molecular weight excluding hydrogens is 379 g/mol. The predicted molar refractivity (Wildman–Crippen MR) is 103 cm³/mol. The van der Waals surface area contributed by atoms with Crippen LogP contribution in [0.25, 0.3) is 10.9 Å². The molecule has 130 valence electrons. The molecule has 0 bridgehead atoms. The Hall–Kier alpha value is -1.73. The van der Waals surface area contributed by atoms with E-state index >= 15 is 0 Å². The van der Waals surface area contributed by atoms with E-state index in [1.54, 1.807) is 18.3 Å². The summed E-state index contributed by atoms with van der Waals surface area (Å²) in [7, 11) is 1.84. The van der Waals surface area contributed by atoms with E-state index in [0.717, 1.165) is 28.4 Å². The molecule has 1 unspecified atom stereocenters. The van der Waals surface area contributed by atoms with Gasteiger partial charge in [0, 0.05) is 29.2 Å². The zero-order chi connectivity index (χ0) is 18.1. The van der Waals surface area contributed by atoms with Crippen LogP contribution in [0.5, 0.6) is 0 Å². The number of aromatic nitrogens is 2. The van der Waals surface area contributed by atoms with Crippen molar-refractivity contribution < 1.29 is 4.79 Å². The van der Waals surface area contributed by atoms with Gasteiger partial charge in [-0.2, -0.15) is 0 Å². The zero-order valence-corrected chi connectivity index (χ0v) is 15.9. The van der Waals surface area contributed by atoms with Crippen LogP contribution in [0.2, 0.25) is 10.0 Å². The fourth-order valence-corrected chi connectivity index (χ4v) is 3.40. The number of nitrogens with one attached hydrogen (secondary N) is 1. The van der Waals surface area contributed by atoms with E-state index in [0.29, 0.717) is 20.8 Å². The van der Waals surface area contributed by atoms with Crippen LogP contribution < -0.4 is 10.5 Å². The van der Waals surface area contributed by atoms with Crippen molar-refractivity contribution in [1.82, 2.24) is 14.9 Å². The molecule has 0 saturated carbocycles. The number of hydrogen-bond acceptors (Lipinski definition) is 4. The monoisotopic (exact) mass is 394 g/mol. The van der Waals surface area contributed by atoms with Gasteiger partial charge < -0.3 is 9.88 Å². The Balaban J connectivity index is 1.84. The number of nitrogens with zero attached hydrogens (tertiary/aromatic N) is 2. The van der Waals surface area contributed by atoms with Crippen molar-refractivity contribution in [2.75, 3.05) is 0 Å². The molecule has 0 radical (unpaired) electrons. The van der Waals surface area contributed by atoms with E-state index in [1.807, 2.05) is 36.7 Å². The second-order valence-electron chi connectivity index (χ2n) is 5.66. The smallest absolute Gasteiger partial charge is 0.268 e. The van der Waals surface area contributed by atoms with Gasteiger partial charge in [0.1, 0.15) is 10.7 Å². The molecule has 1 amide bonds. The minimum absolute atomic E-state index is 0.185. The average molecular weight is 395 g/mol. The first-order valence-electron chi connectivity index (χ1n) is 7.48. The third-order valence-corrected chi connectivity index (χ3v) is 5.21. The maximum absolute atomic E-state index is 12.7. The Labute approximate surface area is 159 Å². The SMILES string of the molecule is CC(NC(=O)c1cc2ccc(Cl)cc2n1C)c1cnc(SN)c(Cl)c1. The summed E-state index contributed by atoms with van der Waals surface area (Å²) in [4.78, 5) is 16.9. The molecule has 1 aromatic carbocycles. The Bertz CT molecular complexity index is 957. The number of halogens is 2. The normalized spacial score (nSPS) is 12.4. The summed E-state index contributed by atoms with van der Waals surface area (Å²) in [6.07, 6.45) is 1.66. The number of carbonyl (C=O) groups excluding carboxylic acids is 1. The molecule has 1 atom stereocenters. The second kappa shape index (κ2) is 7.25. The van der Waals surface area contributed by atoms with Gasteiger partial charge in [0.25, 0.3) is 5.91 Å². The van der Waals surface area contributed by atoms with Gasteiger partial charge in [-0.1, -0.05) is 29.3 Å². The van der Waals surface area contributed by atoms with Crippen LogP contribution in [-0.2, 0) is 7.05 Å². The number of amides is 1. The topological polar surface area (TPSA) is 72.9 Å². The molecule has 3 rings (SSSR count). The molecule has 0 aliphatic heterocycles. The maximum atomic E-state index is 12.7. The standard InChI is InChI=1S/C17H16Cl2N4OS/c1-9(11-5-13(19)17(25-20)21-8-11)22-16(24)15-6-10-3-4-12(18)7-14(10)23(15)2/h3-9H,20H2,1-2H3,(H,22,24). The largest absolute Gasteiger partial charge is 0.344 e. The van der Waals surface area contributed by atoms with E-state index in [4.69, 9.17) is 28.3 Å². The summed E-state index contributed by atoms with van der Waals surface area (Å²) in [5.74, 6) is -0.185. The van der Waals surface area contributed by atoms with Crippen molar-refractivity contribution >= 4 is 52.0 Å². The Kier molecular flexibility index (Phi) is 5.24. The summed E-state index contributed by atoms with van der Waals surface area (Å²) in [5.41, 5.74) is 2.26. The number of carbonyl (C=O) groups is 1. The first kappa shape index (κ1) is 18.1. The second-order valence-corrected chi connectivity index (χ2v) is 7.13. The minimum atomic E-state index is -0.254. The van der Waals surface area contributed by atoms with Gasteiger partial charge in [-0.15, -0.1) is 0 Å². The van der Waals surface area contributed by atoms with E-state index in [-0.39, 0.29) is 11.9 Å². The van der Waals surface area contributed by atoms with Crippen LogP contribution in [-0.4, -0.2) is 15.5 Å². The number of nitrogens with two attached hydrogens (primary N) is 1. The predicted octanol–water partition coefficient (Wildman–Crippen LogP) is 4.34. The lowest BCUT2D eigenvalue weighted by molar-refractivity contribution is 0.0932. The van der Waals surface area contributed by atoms with Gasteiger partial charge in [-0.25, -0.2) is 4.98 Å². The highest BCUT2D eigenvalue weighted by Gasteiger charge is 2.17. The van der Waals surface area contributed by atoms with Crippen molar-refractivity contribution in [1.29, 1.82) is 0 Å². The van der Waals surface area contributed by atoms with Crippen LogP contribution >= 0.6 is 35.1 Å². The third kappa shape index (κ3) is 3.62. The van der Waals surface area contributed by atoms with Crippen molar-refractivity contribution in [3.05, 3.63) is 57.8 Å². The number of fused-ring (bicyclic) bond motifs is 1. The van der Waals surface area contributed by atoms with E-state index in [2.05, 4.69) is 10.3 Å². The zero-order valence-electron chi connectivity index (χ0n) is 13.6. The van der Waals surface area contributed by atoms with Crippen LogP contribution in [0.15, 0.2) is 41.6 Å². The minimum Gasteiger partial charge on any atom is -0.344 e. The van der Waals surface area contributed by atoms with Crippen LogP contribution in [0.4, 0.5) is 0 Å². The van der Waals surface area contributed by atoms with Gasteiger partial charge >= 0.3 is 0 Å². The summed E-state index contributed by atoms with van der Waals surface area (Å²) >= 11 is 13.2. The Morgan fingerprint density at radius 2 is 2.08 bits per heavy atom. The summed E-state index contributed by atoms with van der Waals surface area (Å²) in [6, 6.07) is 8.88. The Morgan fingerprint density at radius 3 is 2.76 bits per heavy atom. The molecule has 8 heteroatoms. The van der Waals surface area contributed by atoms with Crippen molar-refractivity contribution in [3.8, 4) is 0 Å². The fraction of sp³-hybridized carbons (Fsp3) is 0.176. The molecule has 2 heterocycles. The highest BCUT2D eigenvalue weighted by atomic mass is 35.5. The lowest BCUT2D eigenvalue weighted by Crippen LogP contribution is -2.28. The molecule has 25 heavy (non-hydrogen) atoms. The molecule has 0 saturated heterocycles. The van der Waals surface area contributed by atoms with Crippen molar-refractivity contribution in [3.63, 3.8) is 0 Å². The summed E-state index contributed by atoms with van der Waals surface area (Å²) in [6.45, 7) is 1.88. The van der Waals surface area contributed by atoms with E-state index < -0.39 is 0 Å². The van der Waals surface area contributed by atoms with Gasteiger partial charge in [0.05, 0.1) is 11.1 Å². The lowest BCUT2D eigenvalue weighted by Gasteiger charge is -2.15. The Morgan fingerprint density at radius 1 is 1.32 bits per heavy atom. The quantitative estimate of drug-likeness (QED) is 0.645. The highest BCUT2D eigenvalue weighted by molar-refractivity contribution is 7.97. The van der Waals surface area contributed by atoms with Gasteiger partial charge in [0.15, 0.2) is 0 Å². The molecule has 3 N–H and O–H groups in total. The molecule has 0 aliphatic rings. The van der Waals surface area contributed by atoms with E-state index in [9.17, 15) is 4.79 Å². The first-order chi connectivity index (χ1) is 11.9. The number of benzene rings is 1. The lowest BCUT2D eigenvalue weighted by atomic mass is 10.1. The third-order valence-electron chi connectivity index (χ3n) is 4.03. The molecule has 0 spiro atoms. The van der Waals surface area contributed by atoms with Gasteiger partial charge in [-0.3, -0.25) is 9.93 Å². The number of pyridine rings is 1. The van der Waals surface area contributed by atoms with Crippen molar-refractivity contribution in [2.45, 2.75) is 18.0 Å². The number of aryl methyl sites for hydroxylation is 1. The molecule has 0 aliphatic carbocycles. The van der Waals surface area contributed by atoms with Gasteiger partial charge in [-0.05, 0) is 48.7 Å². The maximum Gasteiger partial charge on any atom is 0.268 e. The average Bonchev–Trinajstić information content (AvgIpc) is 2.91. The number of rotatable bonds is 4. The molecule has 0 fully saturated rings.